The van der Waals surface area contributed by atoms with E-state index in [1.54, 1.807) is 0 Å². The molecule has 1 aromatic rings. The molecule has 7 heteroatoms. The van der Waals surface area contributed by atoms with Gasteiger partial charge in [-0.25, -0.2) is 23.0 Å². The zero-order chi connectivity index (χ0) is 13.5. The smallest absolute Gasteiger partial charge is 0.243 e. The third-order valence-corrected chi connectivity index (χ3v) is 5.07. The van der Waals surface area contributed by atoms with Gasteiger partial charge in [0.25, 0.3) is 0 Å². The molecule has 1 aromatic heterocycles. The number of hydrogen-bond acceptors (Lipinski definition) is 4. The SMILES string of the molecule is [C-]#[N+]c1cnc2c(c1)S(=O)(=O)NCC1CCCCN21. The lowest BCUT2D eigenvalue weighted by molar-refractivity contribution is 0.454. The fraction of sp³-hybridized carbons (Fsp3) is 0.500. The maximum Gasteiger partial charge on any atom is 0.243 e. The molecule has 6 nitrogen and oxygen atoms in total. The fourth-order valence-electron chi connectivity index (χ4n) is 2.68. The van der Waals surface area contributed by atoms with Crippen molar-refractivity contribution in [1.29, 1.82) is 0 Å². The quantitative estimate of drug-likeness (QED) is 0.726. The van der Waals surface area contributed by atoms with Crippen molar-refractivity contribution in [2.24, 2.45) is 0 Å². The van der Waals surface area contributed by atoms with Crippen molar-refractivity contribution in [1.82, 2.24) is 9.71 Å². The molecule has 0 spiro atoms. The third kappa shape index (κ3) is 2.07. The Bertz CT molecular complexity index is 650. The number of aromatic nitrogens is 1. The zero-order valence-corrected chi connectivity index (χ0v) is 11.2. The normalized spacial score (nSPS) is 24.8. The van der Waals surface area contributed by atoms with Crippen molar-refractivity contribution in [2.75, 3.05) is 18.0 Å². The summed E-state index contributed by atoms with van der Waals surface area (Å²) >= 11 is 0. The Hall–Kier alpha value is -1.65. The van der Waals surface area contributed by atoms with Gasteiger partial charge in [0.15, 0.2) is 0 Å². The average Bonchev–Trinajstić information content (AvgIpc) is 2.55. The molecule has 0 aromatic carbocycles. The van der Waals surface area contributed by atoms with Crippen LogP contribution < -0.4 is 9.62 Å². The third-order valence-electron chi connectivity index (χ3n) is 3.65. The molecule has 19 heavy (non-hydrogen) atoms. The lowest BCUT2D eigenvalue weighted by atomic mass is 10.0. The molecule has 3 rings (SSSR count). The van der Waals surface area contributed by atoms with Crippen LogP contribution in [0.5, 0.6) is 0 Å². The minimum absolute atomic E-state index is 0.130. The van der Waals surface area contributed by atoms with Crippen LogP contribution >= 0.6 is 0 Å². The molecule has 0 bridgehead atoms. The number of fused-ring (bicyclic) bond motifs is 3. The van der Waals surface area contributed by atoms with Crippen LogP contribution in [0, 0.1) is 6.57 Å². The van der Waals surface area contributed by atoms with Crippen LogP contribution in [0.2, 0.25) is 0 Å². The van der Waals surface area contributed by atoms with E-state index in [0.29, 0.717) is 12.4 Å². The van der Waals surface area contributed by atoms with E-state index in [1.807, 2.05) is 0 Å². The van der Waals surface area contributed by atoms with Crippen LogP contribution in [-0.4, -0.2) is 32.5 Å². The number of hydrogen-bond donors (Lipinski definition) is 1. The Morgan fingerprint density at radius 1 is 1.47 bits per heavy atom. The summed E-state index contributed by atoms with van der Waals surface area (Å²) in [6.07, 6.45) is 4.56. The summed E-state index contributed by atoms with van der Waals surface area (Å²) in [5.41, 5.74) is 0.250. The number of nitrogens with zero attached hydrogens (tertiary/aromatic N) is 3. The zero-order valence-electron chi connectivity index (χ0n) is 10.3. The van der Waals surface area contributed by atoms with Gasteiger partial charge < -0.3 is 4.90 Å². The number of pyridine rings is 1. The van der Waals surface area contributed by atoms with Gasteiger partial charge in [0, 0.05) is 25.3 Å². The van der Waals surface area contributed by atoms with E-state index in [1.165, 1.54) is 12.3 Å². The molecule has 3 heterocycles. The molecule has 0 aliphatic carbocycles. The molecule has 1 N–H and O–H groups in total. The van der Waals surface area contributed by atoms with Crippen LogP contribution in [0.25, 0.3) is 4.85 Å². The van der Waals surface area contributed by atoms with Crippen molar-refractivity contribution in [2.45, 2.75) is 30.2 Å². The first-order valence-electron chi connectivity index (χ1n) is 6.25. The summed E-state index contributed by atoms with van der Waals surface area (Å²) in [4.78, 5) is 9.67. The van der Waals surface area contributed by atoms with Gasteiger partial charge in [-0.1, -0.05) is 0 Å². The molecule has 1 unspecified atom stereocenters. The summed E-state index contributed by atoms with van der Waals surface area (Å²) < 4.78 is 27.1. The second-order valence-electron chi connectivity index (χ2n) is 4.82. The molecule has 2 aliphatic heterocycles. The molecular weight excluding hydrogens is 264 g/mol. The molecule has 0 amide bonds. The molecule has 0 saturated carbocycles. The van der Waals surface area contributed by atoms with Gasteiger partial charge in [-0.15, -0.1) is 0 Å². The van der Waals surface area contributed by atoms with E-state index >= 15 is 0 Å². The first-order valence-corrected chi connectivity index (χ1v) is 7.74. The Morgan fingerprint density at radius 2 is 2.32 bits per heavy atom. The summed E-state index contributed by atoms with van der Waals surface area (Å²) in [5.74, 6) is 0.488. The van der Waals surface area contributed by atoms with Gasteiger partial charge in [0.05, 0.1) is 6.57 Å². The van der Waals surface area contributed by atoms with E-state index in [-0.39, 0.29) is 16.6 Å². The van der Waals surface area contributed by atoms with E-state index in [4.69, 9.17) is 6.57 Å². The van der Waals surface area contributed by atoms with E-state index in [0.717, 1.165) is 25.8 Å². The highest BCUT2D eigenvalue weighted by Crippen LogP contribution is 2.33. The van der Waals surface area contributed by atoms with Crippen molar-refractivity contribution in [3.05, 3.63) is 23.7 Å². The van der Waals surface area contributed by atoms with E-state index in [2.05, 4.69) is 19.5 Å². The predicted octanol–water partition coefficient (Wildman–Crippen LogP) is 1.28. The van der Waals surface area contributed by atoms with Crippen molar-refractivity contribution in [3.8, 4) is 0 Å². The Labute approximate surface area is 112 Å². The van der Waals surface area contributed by atoms with Gasteiger partial charge in [0.1, 0.15) is 10.7 Å². The molecule has 0 radical (unpaired) electrons. The molecule has 1 atom stereocenters. The van der Waals surface area contributed by atoms with E-state index in [9.17, 15) is 8.42 Å². The summed E-state index contributed by atoms with van der Waals surface area (Å²) in [6.45, 7) is 8.21. The summed E-state index contributed by atoms with van der Waals surface area (Å²) in [7, 11) is -3.57. The number of anilines is 1. The van der Waals surface area contributed by atoms with Gasteiger partial charge >= 0.3 is 0 Å². The lowest BCUT2D eigenvalue weighted by Gasteiger charge is -2.35. The first kappa shape index (κ1) is 12.4. The fourth-order valence-corrected chi connectivity index (χ4v) is 3.93. The lowest BCUT2D eigenvalue weighted by Crippen LogP contribution is -2.44. The van der Waals surface area contributed by atoms with Crippen molar-refractivity contribution in [3.63, 3.8) is 0 Å². The molecular formula is C12H14N4O2S. The highest BCUT2D eigenvalue weighted by atomic mass is 32.2. The minimum atomic E-state index is -3.57. The Balaban J connectivity index is 2.18. The van der Waals surface area contributed by atoms with Crippen LogP contribution in [0.1, 0.15) is 19.3 Å². The van der Waals surface area contributed by atoms with Gasteiger partial charge in [-0.2, -0.15) is 0 Å². The first-order chi connectivity index (χ1) is 9.12. The van der Waals surface area contributed by atoms with Crippen LogP contribution in [0.4, 0.5) is 11.5 Å². The van der Waals surface area contributed by atoms with Crippen molar-refractivity contribution >= 4 is 21.5 Å². The standard InChI is InChI=1S/C12H14N4O2S/c1-13-9-6-11-12(14-7-9)16-5-3-2-4-10(16)8-15-19(11,17)18/h6-7,10,15H,2-5,8H2. The molecule has 100 valence electrons. The van der Waals surface area contributed by atoms with Gasteiger partial charge in [0.2, 0.25) is 15.7 Å². The number of rotatable bonds is 0. The molecule has 1 fully saturated rings. The largest absolute Gasteiger partial charge is 0.351 e. The van der Waals surface area contributed by atoms with Crippen LogP contribution in [-0.2, 0) is 10.0 Å². The summed E-state index contributed by atoms with van der Waals surface area (Å²) in [6, 6.07) is 1.57. The van der Waals surface area contributed by atoms with Crippen LogP contribution in [0.3, 0.4) is 0 Å². The number of nitrogens with one attached hydrogen (secondary N) is 1. The highest BCUT2D eigenvalue weighted by Gasteiger charge is 2.33. The van der Waals surface area contributed by atoms with E-state index < -0.39 is 10.0 Å². The van der Waals surface area contributed by atoms with Gasteiger partial charge in [-0.05, 0) is 25.3 Å². The minimum Gasteiger partial charge on any atom is -0.351 e. The van der Waals surface area contributed by atoms with Gasteiger partial charge in [-0.3, -0.25) is 0 Å². The Morgan fingerprint density at radius 3 is 3.11 bits per heavy atom. The summed E-state index contributed by atoms with van der Waals surface area (Å²) in [5, 5.41) is 0. The molecule has 2 aliphatic rings. The molecule has 1 saturated heterocycles. The number of piperidine rings is 1. The average molecular weight is 278 g/mol. The number of sulfonamides is 1. The monoisotopic (exact) mass is 278 g/mol. The second-order valence-corrected chi connectivity index (χ2v) is 6.56. The highest BCUT2D eigenvalue weighted by molar-refractivity contribution is 7.89. The Kier molecular flexibility index (Phi) is 2.92. The topological polar surface area (TPSA) is 66.7 Å². The van der Waals surface area contributed by atoms with Crippen LogP contribution in [0.15, 0.2) is 17.2 Å². The van der Waals surface area contributed by atoms with Crippen molar-refractivity contribution < 1.29 is 8.42 Å². The second kappa shape index (κ2) is 4.47. The predicted molar refractivity (Wildman–Crippen MR) is 70.7 cm³/mol. The maximum atomic E-state index is 12.2. The maximum absolute atomic E-state index is 12.2.